The van der Waals surface area contributed by atoms with E-state index in [-0.39, 0.29) is 30.2 Å². The molecule has 2 fully saturated rings. The van der Waals surface area contributed by atoms with Crippen molar-refractivity contribution in [2.24, 2.45) is 11.8 Å². The van der Waals surface area contributed by atoms with Crippen molar-refractivity contribution in [1.82, 2.24) is 9.62 Å². The van der Waals surface area contributed by atoms with Crippen LogP contribution in [0.15, 0.2) is 12.1 Å². The maximum atomic E-state index is 14.8. The number of nitrogens with zero attached hydrogens (tertiary/aromatic N) is 1. The number of benzene rings is 1. The fraction of sp³-hybridized carbons (Fsp3) is 0.714. The number of fused-ring (bicyclic) bond motifs is 5. The Bertz CT molecular complexity index is 892. The zero-order valence-corrected chi connectivity index (χ0v) is 18.1. The predicted molar refractivity (Wildman–Crippen MR) is 107 cm³/mol. The molecule has 0 aromatic heterocycles. The molecule has 8 heteroatoms. The standard InChI is InChI=1S/C21H30F2N2O3S/c1-21-9-8-18-14(11-13(29(26,27)24-18)5-4-10-25(2)3)15(21)12-28-20-17(23)7-6-16(22)19(20)21/h6-7,13-15,18,24H,4-5,8-12H2,1-3H3/t13?,14-,15-,18+,21+/m0/s1. The summed E-state index contributed by atoms with van der Waals surface area (Å²) in [7, 11) is 0.578. The highest BCUT2D eigenvalue weighted by Crippen LogP contribution is 2.55. The van der Waals surface area contributed by atoms with Crippen LogP contribution in [0.2, 0.25) is 0 Å². The van der Waals surface area contributed by atoms with Crippen LogP contribution in [0.3, 0.4) is 0 Å². The van der Waals surface area contributed by atoms with Gasteiger partial charge in [-0.2, -0.15) is 0 Å². The topological polar surface area (TPSA) is 58.6 Å². The van der Waals surface area contributed by atoms with Gasteiger partial charge >= 0.3 is 0 Å². The summed E-state index contributed by atoms with van der Waals surface area (Å²) in [5, 5.41) is -0.454. The molecule has 1 saturated carbocycles. The fourth-order valence-corrected chi connectivity index (χ4v) is 7.59. The van der Waals surface area contributed by atoms with Gasteiger partial charge in [-0.3, -0.25) is 0 Å². The molecule has 0 amide bonds. The molecule has 29 heavy (non-hydrogen) atoms. The number of halogens is 2. The number of hydrogen-bond acceptors (Lipinski definition) is 4. The molecule has 1 aromatic carbocycles. The summed E-state index contributed by atoms with van der Waals surface area (Å²) in [5.74, 6) is -0.942. The van der Waals surface area contributed by atoms with Crippen molar-refractivity contribution in [3.63, 3.8) is 0 Å². The molecule has 1 saturated heterocycles. The van der Waals surface area contributed by atoms with Gasteiger partial charge in [0, 0.05) is 22.9 Å². The predicted octanol–water partition coefficient (Wildman–Crippen LogP) is 3.04. The van der Waals surface area contributed by atoms with E-state index < -0.39 is 32.3 Å². The summed E-state index contributed by atoms with van der Waals surface area (Å²) in [6.07, 6.45) is 3.17. The summed E-state index contributed by atoms with van der Waals surface area (Å²) in [6, 6.07) is 2.12. The molecule has 5 nitrogen and oxygen atoms in total. The van der Waals surface area contributed by atoms with E-state index in [2.05, 4.69) is 4.72 Å². The van der Waals surface area contributed by atoms with Gasteiger partial charge in [0.15, 0.2) is 11.6 Å². The highest BCUT2D eigenvalue weighted by molar-refractivity contribution is 7.90. The van der Waals surface area contributed by atoms with Crippen molar-refractivity contribution < 1.29 is 21.9 Å². The third-order valence-corrected chi connectivity index (χ3v) is 9.22. The normalized spacial score (nSPS) is 35.4. The number of hydrogen-bond donors (Lipinski definition) is 1. The van der Waals surface area contributed by atoms with E-state index in [1.165, 1.54) is 6.07 Å². The van der Waals surface area contributed by atoms with Crippen LogP contribution in [0.5, 0.6) is 5.75 Å². The van der Waals surface area contributed by atoms with Gasteiger partial charge in [0.05, 0.1) is 11.9 Å². The highest BCUT2D eigenvalue weighted by Gasteiger charge is 2.55. The first-order valence-electron chi connectivity index (χ1n) is 10.4. The van der Waals surface area contributed by atoms with Crippen LogP contribution in [0, 0.1) is 23.5 Å². The first kappa shape index (κ1) is 21.0. The molecule has 162 valence electrons. The summed E-state index contributed by atoms with van der Waals surface area (Å²) in [4.78, 5) is 2.05. The molecule has 3 aliphatic rings. The smallest absolute Gasteiger partial charge is 0.214 e. The number of ether oxygens (including phenoxy) is 1. The molecule has 4 rings (SSSR count). The highest BCUT2D eigenvalue weighted by atomic mass is 32.2. The van der Waals surface area contributed by atoms with Crippen molar-refractivity contribution in [3.8, 4) is 5.75 Å². The monoisotopic (exact) mass is 428 g/mol. The van der Waals surface area contributed by atoms with E-state index in [0.29, 0.717) is 31.2 Å². The minimum absolute atomic E-state index is 0.0288. The largest absolute Gasteiger partial charge is 0.490 e. The summed E-state index contributed by atoms with van der Waals surface area (Å²) >= 11 is 0. The first-order valence-corrected chi connectivity index (χ1v) is 12.0. The number of sulfonamides is 1. The lowest BCUT2D eigenvalue weighted by molar-refractivity contribution is 0.0201. The molecule has 2 heterocycles. The lowest BCUT2D eigenvalue weighted by atomic mass is 9.56. The van der Waals surface area contributed by atoms with Crippen molar-refractivity contribution in [1.29, 1.82) is 0 Å². The maximum absolute atomic E-state index is 14.8. The quantitative estimate of drug-likeness (QED) is 0.801. The van der Waals surface area contributed by atoms with Gasteiger partial charge in [0.1, 0.15) is 5.82 Å². The lowest BCUT2D eigenvalue weighted by Crippen LogP contribution is -2.61. The molecule has 1 aromatic rings. The van der Waals surface area contributed by atoms with Crippen LogP contribution >= 0.6 is 0 Å². The molecule has 2 aliphatic heterocycles. The van der Waals surface area contributed by atoms with E-state index in [1.807, 2.05) is 25.9 Å². The molecule has 1 unspecified atom stereocenters. The second-order valence-electron chi connectivity index (χ2n) is 9.34. The Hall–Kier alpha value is -1.25. The summed E-state index contributed by atoms with van der Waals surface area (Å²) in [6.45, 7) is 3.11. The Morgan fingerprint density at radius 1 is 1.28 bits per heavy atom. The molecular formula is C21H30F2N2O3S. The van der Waals surface area contributed by atoms with Crippen LogP contribution in [-0.4, -0.2) is 51.9 Å². The fourth-order valence-electron chi connectivity index (χ4n) is 5.73. The average molecular weight is 429 g/mol. The minimum atomic E-state index is -3.37. The molecule has 0 radical (unpaired) electrons. The Morgan fingerprint density at radius 3 is 2.72 bits per heavy atom. The minimum Gasteiger partial charge on any atom is -0.490 e. The van der Waals surface area contributed by atoms with Crippen molar-refractivity contribution >= 4 is 10.0 Å². The summed E-state index contributed by atoms with van der Waals surface area (Å²) < 4.78 is 63.3. The van der Waals surface area contributed by atoms with Crippen LogP contribution in [0.4, 0.5) is 8.78 Å². The van der Waals surface area contributed by atoms with Gasteiger partial charge in [-0.15, -0.1) is 0 Å². The van der Waals surface area contributed by atoms with Crippen molar-refractivity contribution in [3.05, 3.63) is 29.3 Å². The van der Waals surface area contributed by atoms with E-state index in [0.717, 1.165) is 19.0 Å². The zero-order valence-electron chi connectivity index (χ0n) is 17.2. The number of rotatable bonds is 4. The second kappa shape index (κ2) is 7.46. The Labute approximate surface area is 171 Å². The third-order valence-electron chi connectivity index (χ3n) is 7.28. The van der Waals surface area contributed by atoms with Gasteiger partial charge in [0.2, 0.25) is 10.0 Å². The van der Waals surface area contributed by atoms with Crippen LogP contribution in [0.25, 0.3) is 0 Å². The lowest BCUT2D eigenvalue weighted by Gasteiger charge is -2.54. The molecular weight excluding hydrogens is 398 g/mol. The van der Waals surface area contributed by atoms with E-state index in [1.54, 1.807) is 0 Å². The second-order valence-corrected chi connectivity index (χ2v) is 11.3. The summed E-state index contributed by atoms with van der Waals surface area (Å²) in [5.41, 5.74) is -0.234. The molecule has 0 spiro atoms. The molecule has 1 N–H and O–H groups in total. The van der Waals surface area contributed by atoms with Crippen molar-refractivity contribution in [2.75, 3.05) is 27.2 Å². The number of nitrogens with one attached hydrogen (secondary N) is 1. The van der Waals surface area contributed by atoms with E-state index in [9.17, 15) is 17.2 Å². The van der Waals surface area contributed by atoms with Gasteiger partial charge in [0.25, 0.3) is 0 Å². The molecule has 5 atom stereocenters. The molecule has 0 bridgehead atoms. The van der Waals surface area contributed by atoms with Crippen LogP contribution in [-0.2, 0) is 15.4 Å². The Morgan fingerprint density at radius 2 is 2.00 bits per heavy atom. The Balaban J connectivity index is 1.63. The van der Waals surface area contributed by atoms with Crippen LogP contribution in [0.1, 0.15) is 44.6 Å². The van der Waals surface area contributed by atoms with E-state index >= 15 is 0 Å². The third kappa shape index (κ3) is 3.57. The Kier molecular flexibility index (Phi) is 5.40. The average Bonchev–Trinajstić information content (AvgIpc) is 2.64. The first-order chi connectivity index (χ1) is 13.6. The van der Waals surface area contributed by atoms with Gasteiger partial charge in [-0.05, 0) is 70.8 Å². The zero-order chi connectivity index (χ0) is 21.0. The van der Waals surface area contributed by atoms with Gasteiger partial charge in [-0.25, -0.2) is 21.9 Å². The SMILES string of the molecule is CN(C)CCCC1C[C@@H]2[C@@H](CC[C@@]3(C)c4c(F)ccc(F)c4OC[C@@H]23)NS1(=O)=O. The van der Waals surface area contributed by atoms with Gasteiger partial charge in [-0.1, -0.05) is 6.92 Å². The van der Waals surface area contributed by atoms with Crippen LogP contribution < -0.4 is 9.46 Å². The van der Waals surface area contributed by atoms with Gasteiger partial charge < -0.3 is 9.64 Å². The van der Waals surface area contributed by atoms with Crippen molar-refractivity contribution in [2.45, 2.75) is 55.7 Å². The van der Waals surface area contributed by atoms with E-state index in [4.69, 9.17) is 4.74 Å². The maximum Gasteiger partial charge on any atom is 0.214 e. The molecule has 1 aliphatic carbocycles.